The van der Waals surface area contributed by atoms with E-state index in [0.717, 1.165) is 5.57 Å². The molecule has 18 heavy (non-hydrogen) atoms. The Bertz CT molecular complexity index is 474. The Morgan fingerprint density at radius 2 is 2.22 bits per heavy atom. The van der Waals surface area contributed by atoms with Crippen LogP contribution in [0.5, 0.6) is 0 Å². The number of rotatable bonds is 2. The van der Waals surface area contributed by atoms with Gasteiger partial charge in [0.05, 0.1) is 0 Å². The van der Waals surface area contributed by atoms with Gasteiger partial charge in [0.2, 0.25) is 5.79 Å². The minimum absolute atomic E-state index is 0.176. The van der Waals surface area contributed by atoms with E-state index in [1.54, 1.807) is 6.92 Å². The molecule has 1 N–H and O–H groups in total. The lowest BCUT2D eigenvalue weighted by molar-refractivity contribution is -0.197. The van der Waals surface area contributed by atoms with Crippen molar-refractivity contribution in [2.45, 2.75) is 39.4 Å². The van der Waals surface area contributed by atoms with Gasteiger partial charge >= 0.3 is 5.97 Å². The minimum atomic E-state index is -1.45. The van der Waals surface area contributed by atoms with Crippen molar-refractivity contribution in [1.29, 1.82) is 0 Å². The maximum atomic E-state index is 11.6. The molecule has 1 saturated carbocycles. The van der Waals surface area contributed by atoms with E-state index in [9.17, 15) is 9.90 Å². The fourth-order valence-electron chi connectivity index (χ4n) is 3.19. The van der Waals surface area contributed by atoms with Crippen LogP contribution in [0.15, 0.2) is 36.0 Å². The molecule has 1 aliphatic heterocycles. The largest absolute Gasteiger partial charge is 0.426 e. The number of aliphatic hydroxyl groups is 1. The fraction of sp³-hybridized carbons (Fsp3) is 0.533. The SMILES string of the molecule is C=C[C@]1(C)C[C@]2(O)OC(=O)C(C)=C2C[C@H]1C(=C)C. The second kappa shape index (κ2) is 3.82. The van der Waals surface area contributed by atoms with Gasteiger partial charge in [0, 0.05) is 17.6 Å². The third-order valence-electron chi connectivity index (χ3n) is 4.38. The number of hydrogen-bond donors (Lipinski definition) is 1. The summed E-state index contributed by atoms with van der Waals surface area (Å²) in [6, 6.07) is 0. The third-order valence-corrected chi connectivity index (χ3v) is 4.38. The Labute approximate surface area is 108 Å². The van der Waals surface area contributed by atoms with Crippen molar-refractivity contribution in [1.82, 2.24) is 0 Å². The van der Waals surface area contributed by atoms with Crippen LogP contribution in [0.2, 0.25) is 0 Å². The zero-order chi connectivity index (χ0) is 13.7. The first kappa shape index (κ1) is 13.1. The number of allylic oxidation sites excluding steroid dienone is 2. The highest BCUT2D eigenvalue weighted by atomic mass is 16.7. The Morgan fingerprint density at radius 1 is 1.61 bits per heavy atom. The van der Waals surface area contributed by atoms with E-state index in [4.69, 9.17) is 4.74 Å². The van der Waals surface area contributed by atoms with Crippen molar-refractivity contribution in [2.75, 3.05) is 0 Å². The second-order valence-corrected chi connectivity index (χ2v) is 5.77. The van der Waals surface area contributed by atoms with Crippen molar-refractivity contribution >= 4 is 5.97 Å². The molecule has 98 valence electrons. The lowest BCUT2D eigenvalue weighted by Gasteiger charge is -2.46. The third kappa shape index (κ3) is 1.65. The van der Waals surface area contributed by atoms with E-state index < -0.39 is 11.8 Å². The van der Waals surface area contributed by atoms with Crippen LogP contribution >= 0.6 is 0 Å². The van der Waals surface area contributed by atoms with Crippen LogP contribution in [-0.2, 0) is 9.53 Å². The average Bonchev–Trinajstić information content (AvgIpc) is 2.47. The number of carbonyl (C=O) groups excluding carboxylic acids is 1. The van der Waals surface area contributed by atoms with Crippen LogP contribution in [0.4, 0.5) is 0 Å². The molecule has 0 saturated heterocycles. The predicted molar refractivity (Wildman–Crippen MR) is 69.6 cm³/mol. The first-order valence-electron chi connectivity index (χ1n) is 6.18. The molecule has 2 aliphatic rings. The van der Waals surface area contributed by atoms with Crippen LogP contribution < -0.4 is 0 Å². The predicted octanol–water partition coefficient (Wildman–Crippen LogP) is 2.73. The molecule has 0 amide bonds. The Kier molecular flexibility index (Phi) is 2.78. The molecule has 3 heteroatoms. The highest BCUT2D eigenvalue weighted by Gasteiger charge is 2.55. The van der Waals surface area contributed by atoms with Crippen LogP contribution in [0, 0.1) is 11.3 Å². The second-order valence-electron chi connectivity index (χ2n) is 5.77. The van der Waals surface area contributed by atoms with E-state index in [2.05, 4.69) is 13.2 Å². The van der Waals surface area contributed by atoms with Gasteiger partial charge in [-0.05, 0) is 31.6 Å². The van der Waals surface area contributed by atoms with Gasteiger partial charge in [-0.15, -0.1) is 6.58 Å². The van der Waals surface area contributed by atoms with Gasteiger partial charge in [-0.1, -0.05) is 25.2 Å². The molecule has 0 aromatic rings. The average molecular weight is 248 g/mol. The van der Waals surface area contributed by atoms with Gasteiger partial charge in [-0.2, -0.15) is 0 Å². The molecule has 0 radical (unpaired) electrons. The first-order valence-corrected chi connectivity index (χ1v) is 6.18. The number of fused-ring (bicyclic) bond motifs is 1. The molecule has 2 rings (SSSR count). The van der Waals surface area contributed by atoms with Gasteiger partial charge in [0.25, 0.3) is 0 Å². The number of esters is 1. The smallest absolute Gasteiger partial charge is 0.336 e. The number of carbonyl (C=O) groups is 1. The Balaban J connectivity index is 2.49. The molecule has 0 spiro atoms. The van der Waals surface area contributed by atoms with E-state index in [1.807, 2.05) is 19.9 Å². The molecular weight excluding hydrogens is 228 g/mol. The van der Waals surface area contributed by atoms with Gasteiger partial charge in [0.1, 0.15) is 0 Å². The molecule has 1 heterocycles. The molecule has 0 unspecified atom stereocenters. The molecule has 0 aromatic heterocycles. The standard InChI is InChI=1S/C15H20O3/c1-6-14(5)8-15(17)12(7-11(14)9(2)3)10(4)13(16)18-15/h6,11,17H,1-2,7-8H2,3-5H3/t11-,14+,15-/m0/s1. The minimum Gasteiger partial charge on any atom is -0.426 e. The lowest BCUT2D eigenvalue weighted by Crippen LogP contribution is -2.46. The monoisotopic (exact) mass is 248 g/mol. The maximum Gasteiger partial charge on any atom is 0.336 e. The van der Waals surface area contributed by atoms with Crippen LogP contribution in [0.3, 0.4) is 0 Å². The Morgan fingerprint density at radius 3 is 2.72 bits per heavy atom. The highest BCUT2D eigenvalue weighted by molar-refractivity contribution is 5.92. The zero-order valence-corrected chi connectivity index (χ0v) is 11.2. The molecule has 3 nitrogen and oxygen atoms in total. The van der Waals surface area contributed by atoms with Gasteiger partial charge < -0.3 is 9.84 Å². The van der Waals surface area contributed by atoms with E-state index in [-0.39, 0.29) is 11.3 Å². The quantitative estimate of drug-likeness (QED) is 0.603. The van der Waals surface area contributed by atoms with E-state index in [0.29, 0.717) is 24.0 Å². The zero-order valence-electron chi connectivity index (χ0n) is 11.2. The topological polar surface area (TPSA) is 46.5 Å². The van der Waals surface area contributed by atoms with Crippen molar-refractivity contribution in [3.05, 3.63) is 36.0 Å². The van der Waals surface area contributed by atoms with E-state index >= 15 is 0 Å². The summed E-state index contributed by atoms with van der Waals surface area (Å²) < 4.78 is 5.16. The van der Waals surface area contributed by atoms with Crippen molar-refractivity contribution in [2.24, 2.45) is 11.3 Å². The normalized spacial score (nSPS) is 39.3. The lowest BCUT2D eigenvalue weighted by atomic mass is 9.61. The number of hydrogen-bond acceptors (Lipinski definition) is 3. The van der Waals surface area contributed by atoms with Gasteiger partial charge in [-0.3, -0.25) is 0 Å². The molecule has 1 fully saturated rings. The van der Waals surface area contributed by atoms with Crippen molar-refractivity contribution < 1.29 is 14.6 Å². The fourth-order valence-corrected chi connectivity index (χ4v) is 3.19. The van der Waals surface area contributed by atoms with Gasteiger partial charge in [0.15, 0.2) is 0 Å². The molecule has 1 aliphatic carbocycles. The highest BCUT2D eigenvalue weighted by Crippen LogP contribution is 2.54. The molecular formula is C15H20O3. The van der Waals surface area contributed by atoms with Crippen molar-refractivity contribution in [3.8, 4) is 0 Å². The van der Waals surface area contributed by atoms with Crippen LogP contribution in [0.25, 0.3) is 0 Å². The van der Waals surface area contributed by atoms with Crippen LogP contribution in [-0.4, -0.2) is 16.9 Å². The summed E-state index contributed by atoms with van der Waals surface area (Å²) in [5, 5.41) is 10.5. The first-order chi connectivity index (χ1) is 8.23. The summed E-state index contributed by atoms with van der Waals surface area (Å²) in [5.41, 5.74) is 1.98. The summed E-state index contributed by atoms with van der Waals surface area (Å²) in [5.74, 6) is -1.69. The molecule has 0 aromatic carbocycles. The molecule has 0 bridgehead atoms. The molecule has 3 atom stereocenters. The van der Waals surface area contributed by atoms with Crippen LogP contribution in [0.1, 0.15) is 33.6 Å². The number of ether oxygens (including phenoxy) is 1. The maximum absolute atomic E-state index is 11.6. The summed E-state index contributed by atoms with van der Waals surface area (Å²) >= 11 is 0. The van der Waals surface area contributed by atoms with Crippen molar-refractivity contribution in [3.63, 3.8) is 0 Å². The summed E-state index contributed by atoms with van der Waals surface area (Å²) in [6.45, 7) is 13.6. The van der Waals surface area contributed by atoms with Gasteiger partial charge in [-0.25, -0.2) is 4.79 Å². The Hall–Kier alpha value is -1.35. The van der Waals surface area contributed by atoms with E-state index in [1.165, 1.54) is 0 Å². The summed E-state index contributed by atoms with van der Waals surface area (Å²) in [4.78, 5) is 11.6. The summed E-state index contributed by atoms with van der Waals surface area (Å²) in [7, 11) is 0. The summed E-state index contributed by atoms with van der Waals surface area (Å²) in [6.07, 6.45) is 2.79.